The summed E-state index contributed by atoms with van der Waals surface area (Å²) in [4.78, 5) is 64.0. The van der Waals surface area contributed by atoms with Crippen molar-refractivity contribution in [1.29, 1.82) is 0 Å². The monoisotopic (exact) mass is 610 g/mol. The van der Waals surface area contributed by atoms with Crippen molar-refractivity contribution in [3.63, 3.8) is 0 Å². The lowest BCUT2D eigenvalue weighted by molar-refractivity contribution is -0.244. The molecule has 0 unspecified atom stereocenters. The zero-order valence-corrected chi connectivity index (χ0v) is 25.8. The van der Waals surface area contributed by atoms with E-state index in [1.165, 1.54) is 33.8 Å². The molecular formula is C30H42O13. The van der Waals surface area contributed by atoms with Crippen LogP contribution in [0.1, 0.15) is 74.7 Å². The standard InChI is InChI=1S/C30H42O13/c1-9-10-21(35)41-19-11-13(2)23(36)26-30(29(8,43-30)27(37)42-26)25(40-17(6)33)22-14(3)18(34)12-20(38-15(4)31)28(22,7)24(19)39-16(5)32/h11,14,18-20,22-26,34,36H,9-10,12H2,1-8H3/b13-11+/t14-,18-,19-,20-,22+,23+,24-,25-,26-,28-,29-,30+/m0/s1. The molecule has 13 nitrogen and oxygen atoms in total. The normalized spacial score (nSPS) is 44.7. The van der Waals surface area contributed by atoms with Gasteiger partial charge in [0, 0.05) is 39.5 Å². The van der Waals surface area contributed by atoms with Gasteiger partial charge < -0.3 is 38.6 Å². The summed E-state index contributed by atoms with van der Waals surface area (Å²) in [5.41, 5.74) is -4.71. The van der Waals surface area contributed by atoms with Crippen molar-refractivity contribution in [2.24, 2.45) is 17.3 Å². The number of aliphatic hydroxyl groups excluding tert-OH is 2. The molecular weight excluding hydrogens is 568 g/mol. The first-order chi connectivity index (χ1) is 19.9. The van der Waals surface area contributed by atoms with Crippen LogP contribution in [0.25, 0.3) is 0 Å². The predicted octanol–water partition coefficient (Wildman–Crippen LogP) is 1.29. The number of epoxide rings is 1. The average Bonchev–Trinajstić information content (AvgIpc) is 3.47. The summed E-state index contributed by atoms with van der Waals surface area (Å²) in [5, 5.41) is 22.9. The third-order valence-corrected chi connectivity index (χ3v) is 9.62. The van der Waals surface area contributed by atoms with Gasteiger partial charge in [0.15, 0.2) is 29.5 Å². The van der Waals surface area contributed by atoms with Gasteiger partial charge in [-0.3, -0.25) is 19.2 Å². The maximum Gasteiger partial charge on any atom is 0.342 e. The Morgan fingerprint density at radius 3 is 2.09 bits per heavy atom. The summed E-state index contributed by atoms with van der Waals surface area (Å²) in [7, 11) is 0. The fourth-order valence-corrected chi connectivity index (χ4v) is 7.53. The van der Waals surface area contributed by atoms with Crippen LogP contribution < -0.4 is 0 Å². The first-order valence-corrected chi connectivity index (χ1v) is 14.6. The van der Waals surface area contributed by atoms with E-state index in [0.717, 1.165) is 6.92 Å². The van der Waals surface area contributed by atoms with E-state index in [1.54, 1.807) is 20.8 Å². The Bertz CT molecular complexity index is 1210. The molecule has 2 saturated heterocycles. The molecule has 2 heterocycles. The third kappa shape index (κ3) is 5.22. The highest BCUT2D eigenvalue weighted by Crippen LogP contribution is 2.66. The predicted molar refractivity (Wildman–Crippen MR) is 145 cm³/mol. The quantitative estimate of drug-likeness (QED) is 0.190. The van der Waals surface area contributed by atoms with Gasteiger partial charge >= 0.3 is 29.8 Å². The number of rotatable bonds is 6. The van der Waals surface area contributed by atoms with Crippen molar-refractivity contribution in [3.8, 4) is 0 Å². The zero-order chi connectivity index (χ0) is 32.2. The molecule has 0 aromatic rings. The van der Waals surface area contributed by atoms with Crippen LogP contribution >= 0.6 is 0 Å². The van der Waals surface area contributed by atoms with E-state index in [0.29, 0.717) is 6.42 Å². The fourth-order valence-electron chi connectivity index (χ4n) is 7.53. The Morgan fingerprint density at radius 1 is 0.977 bits per heavy atom. The number of carbonyl (C=O) groups excluding carboxylic acids is 5. The van der Waals surface area contributed by atoms with Gasteiger partial charge in [0.05, 0.1) is 11.5 Å². The molecule has 2 N–H and O–H groups in total. The molecule has 2 aliphatic carbocycles. The third-order valence-electron chi connectivity index (χ3n) is 9.62. The van der Waals surface area contributed by atoms with Crippen molar-refractivity contribution < 1.29 is 62.6 Å². The molecule has 0 radical (unpaired) electrons. The summed E-state index contributed by atoms with van der Waals surface area (Å²) in [6.07, 6.45) is -7.47. The Morgan fingerprint density at radius 2 is 1.56 bits per heavy atom. The lowest BCUT2D eigenvalue weighted by Gasteiger charge is -2.57. The van der Waals surface area contributed by atoms with Crippen molar-refractivity contribution >= 4 is 29.8 Å². The molecule has 4 aliphatic rings. The van der Waals surface area contributed by atoms with Gasteiger partial charge in [0.2, 0.25) is 0 Å². The topological polar surface area (TPSA) is 184 Å². The van der Waals surface area contributed by atoms with E-state index < -0.39 is 101 Å². The SMILES string of the molecule is CCCC(=O)O[C@H]1/C=C(\C)[C@@H](O)[C@@H]2OC(=O)[C@]3(C)O[C@]23[C@@H](OC(C)=O)[C@H]2[C@@H](C)[C@@H](O)C[C@H](OC(C)=O)[C@]2(C)[C@H]1OC(C)=O. The van der Waals surface area contributed by atoms with Crippen LogP contribution in [0.5, 0.6) is 0 Å². The van der Waals surface area contributed by atoms with E-state index in [1.807, 2.05) is 0 Å². The van der Waals surface area contributed by atoms with Crippen LogP contribution in [0, 0.1) is 17.3 Å². The van der Waals surface area contributed by atoms with Gasteiger partial charge in [-0.1, -0.05) is 20.8 Å². The summed E-state index contributed by atoms with van der Waals surface area (Å²) >= 11 is 0. The van der Waals surface area contributed by atoms with E-state index >= 15 is 0 Å². The number of aliphatic hydroxyl groups is 2. The van der Waals surface area contributed by atoms with Crippen molar-refractivity contribution in [3.05, 3.63) is 11.6 Å². The molecule has 4 rings (SSSR count). The first-order valence-electron chi connectivity index (χ1n) is 14.6. The smallest absolute Gasteiger partial charge is 0.342 e. The van der Waals surface area contributed by atoms with Crippen LogP contribution in [-0.4, -0.2) is 94.0 Å². The molecule has 1 saturated carbocycles. The number of fused-ring (bicyclic) bond motifs is 1. The summed E-state index contributed by atoms with van der Waals surface area (Å²) in [5.74, 6) is -5.44. The highest BCUT2D eigenvalue weighted by molar-refractivity contribution is 5.89. The molecule has 2 aliphatic heterocycles. The van der Waals surface area contributed by atoms with E-state index in [4.69, 9.17) is 28.4 Å². The number of ether oxygens (including phenoxy) is 6. The Balaban J connectivity index is 2.08. The van der Waals surface area contributed by atoms with E-state index in [-0.39, 0.29) is 18.4 Å². The number of hydrogen-bond acceptors (Lipinski definition) is 13. The maximum atomic E-state index is 13.2. The maximum absolute atomic E-state index is 13.2. The minimum Gasteiger partial charge on any atom is -0.462 e. The Hall–Kier alpha value is -3.03. The van der Waals surface area contributed by atoms with Gasteiger partial charge in [-0.2, -0.15) is 0 Å². The van der Waals surface area contributed by atoms with Gasteiger partial charge in [0.25, 0.3) is 0 Å². The average molecular weight is 611 g/mol. The molecule has 12 atom stereocenters. The number of esters is 5. The van der Waals surface area contributed by atoms with Gasteiger partial charge in [-0.05, 0) is 37.8 Å². The molecule has 1 spiro atoms. The minimum atomic E-state index is -1.73. The largest absolute Gasteiger partial charge is 0.462 e. The summed E-state index contributed by atoms with van der Waals surface area (Å²) in [6.45, 7) is 11.6. The highest BCUT2D eigenvalue weighted by atomic mass is 16.7. The summed E-state index contributed by atoms with van der Waals surface area (Å²) < 4.78 is 35.4. The fraction of sp³-hybridized carbons (Fsp3) is 0.767. The molecule has 43 heavy (non-hydrogen) atoms. The Labute approximate surface area is 250 Å². The molecule has 0 bridgehead atoms. The molecule has 240 valence electrons. The van der Waals surface area contributed by atoms with Crippen molar-refractivity contribution in [2.75, 3.05) is 0 Å². The van der Waals surface area contributed by atoms with Crippen LogP contribution in [0.4, 0.5) is 0 Å². The highest BCUT2D eigenvalue weighted by Gasteiger charge is 2.88. The van der Waals surface area contributed by atoms with E-state index in [9.17, 15) is 34.2 Å². The number of hydrogen-bond donors (Lipinski definition) is 2. The van der Waals surface area contributed by atoms with Gasteiger partial charge in [0.1, 0.15) is 18.3 Å². The van der Waals surface area contributed by atoms with Crippen LogP contribution in [0.15, 0.2) is 11.6 Å². The van der Waals surface area contributed by atoms with Gasteiger partial charge in [-0.15, -0.1) is 0 Å². The van der Waals surface area contributed by atoms with Crippen LogP contribution in [-0.2, 0) is 52.4 Å². The van der Waals surface area contributed by atoms with Gasteiger partial charge in [-0.25, -0.2) is 4.79 Å². The lowest BCUT2D eigenvalue weighted by Crippen LogP contribution is -2.68. The van der Waals surface area contributed by atoms with E-state index in [2.05, 4.69) is 0 Å². The minimum absolute atomic E-state index is 0.0347. The zero-order valence-electron chi connectivity index (χ0n) is 25.8. The van der Waals surface area contributed by atoms with Crippen molar-refractivity contribution in [1.82, 2.24) is 0 Å². The number of carbonyl (C=O) groups is 5. The second-order valence-corrected chi connectivity index (χ2v) is 12.5. The first kappa shape index (κ1) is 32.9. The molecule has 0 aromatic heterocycles. The lowest BCUT2D eigenvalue weighted by atomic mass is 9.53. The molecule has 0 amide bonds. The summed E-state index contributed by atoms with van der Waals surface area (Å²) in [6, 6.07) is 0. The molecule has 3 fully saturated rings. The Kier molecular flexibility index (Phi) is 8.77. The molecule has 0 aromatic carbocycles. The van der Waals surface area contributed by atoms with Crippen molar-refractivity contribution in [2.45, 2.75) is 129 Å². The second-order valence-electron chi connectivity index (χ2n) is 12.5. The van der Waals surface area contributed by atoms with Crippen LogP contribution in [0.2, 0.25) is 0 Å². The molecule has 13 heteroatoms. The van der Waals surface area contributed by atoms with Crippen LogP contribution in [0.3, 0.4) is 0 Å². The second kappa shape index (κ2) is 11.5.